The van der Waals surface area contributed by atoms with Gasteiger partial charge in [0.05, 0.1) is 13.1 Å². The molecule has 4 nitrogen and oxygen atoms in total. The van der Waals surface area contributed by atoms with Gasteiger partial charge >= 0.3 is 0 Å². The molecular weight excluding hydrogens is 307 g/mol. The van der Waals surface area contributed by atoms with Gasteiger partial charge in [-0.15, -0.1) is 0 Å². The van der Waals surface area contributed by atoms with Crippen LogP contribution in [0.4, 0.5) is 0 Å². The predicted molar refractivity (Wildman–Crippen MR) is 66.4 cm³/mol. The average molecular weight is 322 g/mol. The number of hydrogen-bond donors (Lipinski definition) is 2. The van der Waals surface area contributed by atoms with Crippen LogP contribution in [0.15, 0.2) is 16.5 Å². The fourth-order valence-electron chi connectivity index (χ4n) is 1.12. The van der Waals surface area contributed by atoms with Crippen molar-refractivity contribution in [3.05, 3.63) is 21.7 Å². The number of carbonyl (C=O) groups is 1. The smallest absolute Gasteiger partial charge is 0.234 e. The van der Waals surface area contributed by atoms with Gasteiger partial charge in [0.1, 0.15) is 5.76 Å². The van der Waals surface area contributed by atoms with Crippen molar-refractivity contribution in [2.45, 2.75) is 26.4 Å². The largest absolute Gasteiger partial charge is 0.454 e. The summed E-state index contributed by atoms with van der Waals surface area (Å²) < 4.78 is 6.20. The standard InChI is InChI=1S/C10H15IN2O2/c1-7(2)13-10(14)6-12-5-8-3-4-9(11)15-8/h3-4,7,12H,5-6H2,1-2H3,(H,13,14). The van der Waals surface area contributed by atoms with Crippen molar-refractivity contribution >= 4 is 28.5 Å². The lowest BCUT2D eigenvalue weighted by molar-refractivity contribution is -0.120. The molecular formula is C10H15IN2O2. The second-order valence-corrected chi connectivity index (χ2v) is 4.59. The third kappa shape index (κ3) is 5.17. The molecule has 84 valence electrons. The number of furan rings is 1. The molecule has 1 heterocycles. The summed E-state index contributed by atoms with van der Waals surface area (Å²) in [6, 6.07) is 3.98. The van der Waals surface area contributed by atoms with Crippen molar-refractivity contribution in [1.82, 2.24) is 10.6 Å². The van der Waals surface area contributed by atoms with Crippen molar-refractivity contribution in [1.29, 1.82) is 0 Å². The molecule has 0 atom stereocenters. The van der Waals surface area contributed by atoms with E-state index in [2.05, 4.69) is 33.2 Å². The molecule has 5 heteroatoms. The predicted octanol–water partition coefficient (Wildman–Crippen LogP) is 1.50. The van der Waals surface area contributed by atoms with E-state index in [1.165, 1.54) is 0 Å². The molecule has 0 aromatic carbocycles. The molecule has 0 spiro atoms. The van der Waals surface area contributed by atoms with Crippen LogP contribution in [0.3, 0.4) is 0 Å². The zero-order chi connectivity index (χ0) is 11.3. The van der Waals surface area contributed by atoms with E-state index in [1.54, 1.807) is 0 Å². The average Bonchev–Trinajstić information content (AvgIpc) is 2.50. The third-order valence-corrected chi connectivity index (χ3v) is 2.24. The summed E-state index contributed by atoms with van der Waals surface area (Å²) >= 11 is 2.11. The first-order chi connectivity index (χ1) is 7.08. The maximum atomic E-state index is 11.2. The maximum absolute atomic E-state index is 11.2. The molecule has 0 saturated carbocycles. The van der Waals surface area contributed by atoms with Crippen LogP contribution in [0.2, 0.25) is 0 Å². The second kappa shape index (κ2) is 6.12. The van der Waals surface area contributed by atoms with Crippen LogP contribution in [0.25, 0.3) is 0 Å². The highest BCUT2D eigenvalue weighted by Gasteiger charge is 2.03. The summed E-state index contributed by atoms with van der Waals surface area (Å²) in [5, 5.41) is 5.81. The third-order valence-electron chi connectivity index (χ3n) is 1.66. The van der Waals surface area contributed by atoms with E-state index in [0.29, 0.717) is 13.1 Å². The Labute approximate surface area is 103 Å². The van der Waals surface area contributed by atoms with Gasteiger partial charge in [0.15, 0.2) is 3.77 Å². The van der Waals surface area contributed by atoms with E-state index in [4.69, 9.17) is 4.42 Å². The van der Waals surface area contributed by atoms with Gasteiger partial charge in [-0.3, -0.25) is 4.79 Å². The minimum Gasteiger partial charge on any atom is -0.454 e. The van der Waals surface area contributed by atoms with Gasteiger partial charge in [0.25, 0.3) is 0 Å². The summed E-state index contributed by atoms with van der Waals surface area (Å²) in [7, 11) is 0. The Morgan fingerprint density at radius 1 is 1.53 bits per heavy atom. The molecule has 1 aromatic rings. The van der Waals surface area contributed by atoms with Crippen LogP contribution in [0.5, 0.6) is 0 Å². The minimum atomic E-state index is 0.00579. The van der Waals surface area contributed by atoms with Gasteiger partial charge in [-0.25, -0.2) is 0 Å². The molecule has 2 N–H and O–H groups in total. The van der Waals surface area contributed by atoms with Crippen molar-refractivity contribution in [2.75, 3.05) is 6.54 Å². The Balaban J connectivity index is 2.19. The lowest BCUT2D eigenvalue weighted by Gasteiger charge is -2.08. The SMILES string of the molecule is CC(C)NC(=O)CNCc1ccc(I)o1. The quantitative estimate of drug-likeness (QED) is 0.808. The number of amides is 1. The van der Waals surface area contributed by atoms with E-state index in [0.717, 1.165) is 9.53 Å². The summed E-state index contributed by atoms with van der Waals surface area (Å²) in [5.74, 6) is 0.850. The van der Waals surface area contributed by atoms with Crippen LogP contribution in [0.1, 0.15) is 19.6 Å². The van der Waals surface area contributed by atoms with Crippen molar-refractivity contribution in [3.63, 3.8) is 0 Å². The first kappa shape index (κ1) is 12.5. The van der Waals surface area contributed by atoms with Gasteiger partial charge in [-0.05, 0) is 48.6 Å². The number of hydrogen-bond acceptors (Lipinski definition) is 3. The van der Waals surface area contributed by atoms with Crippen molar-refractivity contribution in [2.24, 2.45) is 0 Å². The molecule has 0 aliphatic carbocycles. The Morgan fingerprint density at radius 3 is 2.80 bits per heavy atom. The topological polar surface area (TPSA) is 54.3 Å². The summed E-state index contributed by atoms with van der Waals surface area (Å²) in [4.78, 5) is 11.2. The van der Waals surface area contributed by atoms with Gasteiger partial charge in [0, 0.05) is 6.04 Å². The zero-order valence-corrected chi connectivity index (χ0v) is 11.0. The van der Waals surface area contributed by atoms with Gasteiger partial charge in [0.2, 0.25) is 5.91 Å². The molecule has 0 fully saturated rings. The van der Waals surface area contributed by atoms with Crippen LogP contribution < -0.4 is 10.6 Å². The van der Waals surface area contributed by atoms with Crippen LogP contribution in [-0.4, -0.2) is 18.5 Å². The molecule has 15 heavy (non-hydrogen) atoms. The molecule has 0 aliphatic rings. The zero-order valence-electron chi connectivity index (χ0n) is 8.84. The highest BCUT2D eigenvalue weighted by molar-refractivity contribution is 14.1. The van der Waals surface area contributed by atoms with Crippen LogP contribution in [0, 0.1) is 3.77 Å². The van der Waals surface area contributed by atoms with E-state index < -0.39 is 0 Å². The van der Waals surface area contributed by atoms with E-state index in [9.17, 15) is 4.79 Å². The van der Waals surface area contributed by atoms with E-state index >= 15 is 0 Å². The molecule has 1 aromatic heterocycles. The fraction of sp³-hybridized carbons (Fsp3) is 0.500. The Morgan fingerprint density at radius 2 is 2.27 bits per heavy atom. The minimum absolute atomic E-state index is 0.00579. The van der Waals surface area contributed by atoms with Crippen LogP contribution in [-0.2, 0) is 11.3 Å². The maximum Gasteiger partial charge on any atom is 0.234 e. The number of carbonyl (C=O) groups excluding carboxylic acids is 1. The Kier molecular flexibility index (Phi) is 5.10. The van der Waals surface area contributed by atoms with Crippen molar-refractivity contribution in [3.8, 4) is 0 Å². The highest BCUT2D eigenvalue weighted by atomic mass is 127. The summed E-state index contributed by atoms with van der Waals surface area (Å²) in [6.07, 6.45) is 0. The molecule has 1 rings (SSSR count). The van der Waals surface area contributed by atoms with Crippen molar-refractivity contribution < 1.29 is 9.21 Å². The molecule has 0 saturated heterocycles. The fourth-order valence-corrected chi connectivity index (χ4v) is 1.58. The lowest BCUT2D eigenvalue weighted by atomic mass is 10.4. The van der Waals surface area contributed by atoms with Gasteiger partial charge in [-0.2, -0.15) is 0 Å². The van der Waals surface area contributed by atoms with E-state index in [1.807, 2.05) is 26.0 Å². The highest BCUT2D eigenvalue weighted by Crippen LogP contribution is 2.09. The first-order valence-electron chi connectivity index (χ1n) is 4.82. The van der Waals surface area contributed by atoms with Crippen LogP contribution >= 0.6 is 22.6 Å². The summed E-state index contributed by atoms with van der Waals surface area (Å²) in [5.41, 5.74) is 0. The van der Waals surface area contributed by atoms with E-state index in [-0.39, 0.29) is 11.9 Å². The van der Waals surface area contributed by atoms with Gasteiger partial charge < -0.3 is 15.1 Å². The monoisotopic (exact) mass is 322 g/mol. The number of rotatable bonds is 5. The Bertz CT molecular complexity index is 323. The lowest BCUT2D eigenvalue weighted by Crippen LogP contribution is -2.37. The molecule has 1 amide bonds. The Hall–Kier alpha value is -0.560. The second-order valence-electron chi connectivity index (χ2n) is 3.53. The molecule has 0 unspecified atom stereocenters. The first-order valence-corrected chi connectivity index (χ1v) is 5.90. The molecule has 0 aliphatic heterocycles. The molecule has 0 bridgehead atoms. The summed E-state index contributed by atoms with van der Waals surface area (Å²) in [6.45, 7) is 4.77. The number of halogens is 1. The number of nitrogens with one attached hydrogen (secondary N) is 2. The normalized spacial score (nSPS) is 10.7. The van der Waals surface area contributed by atoms with Gasteiger partial charge in [-0.1, -0.05) is 0 Å². The molecule has 0 radical (unpaired) electrons.